The van der Waals surface area contributed by atoms with Crippen LogP contribution in [-0.2, 0) is 18.6 Å². The third-order valence-corrected chi connectivity index (χ3v) is 6.95. The van der Waals surface area contributed by atoms with Gasteiger partial charge in [-0.25, -0.2) is 9.67 Å². The van der Waals surface area contributed by atoms with E-state index >= 15 is 0 Å². The molecule has 4 fully saturated rings. The van der Waals surface area contributed by atoms with Crippen LogP contribution in [0.25, 0.3) is 0 Å². The Morgan fingerprint density at radius 2 is 2.12 bits per heavy atom. The lowest BCUT2D eigenvalue weighted by atomic mass is 9.50. The van der Waals surface area contributed by atoms with Gasteiger partial charge in [-0.2, -0.15) is 10.2 Å². The van der Waals surface area contributed by atoms with Crippen molar-refractivity contribution in [1.82, 2.24) is 29.9 Å². The Balaban J connectivity index is 1.38. The molecule has 2 heterocycles. The molecule has 4 aliphatic rings. The predicted octanol–water partition coefficient (Wildman–Crippen LogP) is 2.81. The largest absolute Gasteiger partial charge is 0.307 e. The van der Waals surface area contributed by atoms with Crippen LogP contribution in [0.4, 0.5) is 0 Å². The molecule has 0 spiro atoms. The summed E-state index contributed by atoms with van der Waals surface area (Å²) in [6, 6.07) is 0. The summed E-state index contributed by atoms with van der Waals surface area (Å²) >= 11 is 0. The summed E-state index contributed by atoms with van der Waals surface area (Å²) in [6.07, 6.45) is 15.4. The normalized spacial score (nSPS) is 35.1. The van der Waals surface area contributed by atoms with Crippen LogP contribution < -0.4 is 5.32 Å². The van der Waals surface area contributed by atoms with Gasteiger partial charge in [0.05, 0.1) is 17.8 Å². The highest BCUT2D eigenvalue weighted by Gasteiger charge is 2.58. The monoisotopic (exact) mass is 352 g/mol. The highest BCUT2D eigenvalue weighted by atomic mass is 15.4. The van der Waals surface area contributed by atoms with Gasteiger partial charge in [0, 0.05) is 23.8 Å². The first kappa shape index (κ1) is 16.2. The zero-order valence-corrected chi connectivity index (χ0v) is 15.6. The first-order chi connectivity index (χ1) is 12.6. The Bertz CT molecular complexity index is 790. The number of hydrogen-bond donors (Lipinski definition) is 1. The molecule has 138 valence electrons. The molecular formula is C20H28N6. The Hall–Kier alpha value is -1.95. The maximum absolute atomic E-state index is 4.60. The van der Waals surface area contributed by atoms with Gasteiger partial charge >= 0.3 is 0 Å². The Morgan fingerprint density at radius 3 is 2.81 bits per heavy atom. The molecule has 6 heteroatoms. The summed E-state index contributed by atoms with van der Waals surface area (Å²) in [6.45, 7) is 7.58. The summed E-state index contributed by atoms with van der Waals surface area (Å²) in [5.41, 5.74) is 2.84. The van der Waals surface area contributed by atoms with Gasteiger partial charge in [-0.05, 0) is 57.3 Å². The first-order valence-electron chi connectivity index (χ1n) is 9.84. The molecule has 2 unspecified atom stereocenters. The molecule has 6 rings (SSSR count). The van der Waals surface area contributed by atoms with E-state index in [1.807, 2.05) is 17.1 Å². The lowest BCUT2D eigenvalue weighted by Gasteiger charge is -2.62. The highest BCUT2D eigenvalue weighted by molar-refractivity contribution is 5.18. The van der Waals surface area contributed by atoms with E-state index in [1.54, 1.807) is 6.33 Å². The molecule has 26 heavy (non-hydrogen) atoms. The smallest absolute Gasteiger partial charge is 0.137 e. The molecule has 4 atom stereocenters. The van der Waals surface area contributed by atoms with Gasteiger partial charge in [-0.1, -0.05) is 6.08 Å². The van der Waals surface area contributed by atoms with Crippen LogP contribution in [0, 0.1) is 18.8 Å². The minimum Gasteiger partial charge on any atom is -0.307 e. The first-order valence-corrected chi connectivity index (χ1v) is 9.84. The molecule has 2 aromatic heterocycles. The molecule has 0 aromatic carbocycles. The number of aryl methyl sites for hydroxylation is 1. The fraction of sp³-hybridized carbons (Fsp3) is 0.650. The summed E-state index contributed by atoms with van der Waals surface area (Å²) in [4.78, 5) is 4.24. The molecular weight excluding hydrogens is 324 g/mol. The van der Waals surface area contributed by atoms with Gasteiger partial charge in [0.2, 0.25) is 0 Å². The highest BCUT2D eigenvalue weighted by Crippen LogP contribution is 2.60. The second-order valence-electron chi connectivity index (χ2n) is 8.91. The molecule has 2 aromatic rings. The number of nitrogens with zero attached hydrogens (tertiary/aromatic N) is 5. The van der Waals surface area contributed by atoms with Gasteiger partial charge in [-0.3, -0.25) is 4.68 Å². The molecule has 4 aliphatic carbocycles. The van der Waals surface area contributed by atoms with Crippen molar-refractivity contribution < 1.29 is 0 Å². The zero-order chi connectivity index (χ0) is 17.8. The maximum atomic E-state index is 4.60. The number of allylic oxidation sites excluding steroid dienone is 1. The van der Waals surface area contributed by atoms with Crippen LogP contribution in [0.5, 0.6) is 0 Å². The van der Waals surface area contributed by atoms with Crippen molar-refractivity contribution in [2.75, 3.05) is 0 Å². The second-order valence-corrected chi connectivity index (χ2v) is 8.91. The standard InChI is InChI=1S/C20H28N6/c1-3-4-25-11-18(15(2)24-25)10-22-19-6-16-5-17(7-19)9-20(8-16,12-19)26-14-21-13-23-26/h3,11,13-14,16-17,22H,1,4-10,12H2,2H3/t16-,17+,19?,20?. The van der Waals surface area contributed by atoms with Gasteiger partial charge in [-0.15, -0.1) is 6.58 Å². The van der Waals surface area contributed by atoms with E-state index in [0.717, 1.165) is 30.6 Å². The van der Waals surface area contributed by atoms with Crippen molar-refractivity contribution in [3.8, 4) is 0 Å². The third-order valence-electron chi connectivity index (χ3n) is 6.95. The van der Waals surface area contributed by atoms with Crippen molar-refractivity contribution in [2.45, 2.75) is 69.6 Å². The summed E-state index contributed by atoms with van der Waals surface area (Å²) in [5.74, 6) is 1.63. The van der Waals surface area contributed by atoms with E-state index in [4.69, 9.17) is 0 Å². The van der Waals surface area contributed by atoms with E-state index in [1.165, 1.54) is 44.1 Å². The Kier molecular flexibility index (Phi) is 3.61. The average Bonchev–Trinajstić information content (AvgIpc) is 3.23. The number of rotatable bonds is 6. The van der Waals surface area contributed by atoms with E-state index < -0.39 is 0 Å². The van der Waals surface area contributed by atoms with Crippen LogP contribution >= 0.6 is 0 Å². The van der Waals surface area contributed by atoms with Crippen LogP contribution in [0.1, 0.15) is 49.8 Å². The molecule has 0 saturated heterocycles. The van der Waals surface area contributed by atoms with Crippen molar-refractivity contribution >= 4 is 0 Å². The number of hydrogen-bond acceptors (Lipinski definition) is 4. The van der Waals surface area contributed by atoms with E-state index in [0.29, 0.717) is 0 Å². The molecule has 0 radical (unpaired) electrons. The molecule has 1 N–H and O–H groups in total. The van der Waals surface area contributed by atoms with Crippen molar-refractivity contribution in [1.29, 1.82) is 0 Å². The van der Waals surface area contributed by atoms with Crippen molar-refractivity contribution in [3.05, 3.63) is 42.8 Å². The van der Waals surface area contributed by atoms with Crippen LogP contribution in [0.3, 0.4) is 0 Å². The average molecular weight is 352 g/mol. The third kappa shape index (κ3) is 2.54. The Labute approximate surface area is 154 Å². The van der Waals surface area contributed by atoms with Gasteiger partial charge in [0.25, 0.3) is 0 Å². The lowest BCUT2D eigenvalue weighted by molar-refractivity contribution is -0.0788. The minimum atomic E-state index is 0.176. The van der Waals surface area contributed by atoms with Gasteiger partial charge in [0.1, 0.15) is 12.7 Å². The molecule has 0 amide bonds. The fourth-order valence-electron chi connectivity index (χ4n) is 6.38. The molecule has 4 bridgehead atoms. The topological polar surface area (TPSA) is 60.6 Å². The predicted molar refractivity (Wildman–Crippen MR) is 99.4 cm³/mol. The van der Waals surface area contributed by atoms with E-state index in [2.05, 4.69) is 44.9 Å². The van der Waals surface area contributed by atoms with Crippen LogP contribution in [0.2, 0.25) is 0 Å². The van der Waals surface area contributed by atoms with Crippen LogP contribution in [0.15, 0.2) is 31.5 Å². The summed E-state index contributed by atoms with van der Waals surface area (Å²) in [7, 11) is 0. The molecule has 6 nitrogen and oxygen atoms in total. The zero-order valence-electron chi connectivity index (χ0n) is 15.6. The molecule has 4 saturated carbocycles. The SMILES string of the molecule is C=CCn1cc(CNC23C[C@H]4C[C@@H](C2)CC(n2cncn2)(C4)C3)c(C)n1. The van der Waals surface area contributed by atoms with Gasteiger partial charge in [0.15, 0.2) is 0 Å². The Morgan fingerprint density at radius 1 is 1.31 bits per heavy atom. The quantitative estimate of drug-likeness (QED) is 0.812. The summed E-state index contributed by atoms with van der Waals surface area (Å²) in [5, 5.41) is 13.1. The molecule has 0 aliphatic heterocycles. The number of nitrogens with one attached hydrogen (secondary N) is 1. The lowest BCUT2D eigenvalue weighted by Crippen LogP contribution is -2.64. The minimum absolute atomic E-state index is 0.176. The van der Waals surface area contributed by atoms with Crippen LogP contribution in [-0.4, -0.2) is 30.1 Å². The summed E-state index contributed by atoms with van der Waals surface area (Å²) < 4.78 is 4.16. The van der Waals surface area contributed by atoms with E-state index in [9.17, 15) is 0 Å². The van der Waals surface area contributed by atoms with E-state index in [-0.39, 0.29) is 11.1 Å². The number of aromatic nitrogens is 5. The second kappa shape index (κ2) is 5.78. The van der Waals surface area contributed by atoms with Gasteiger partial charge < -0.3 is 5.32 Å². The van der Waals surface area contributed by atoms with Crippen molar-refractivity contribution in [3.63, 3.8) is 0 Å². The van der Waals surface area contributed by atoms with Crippen molar-refractivity contribution in [2.24, 2.45) is 11.8 Å². The maximum Gasteiger partial charge on any atom is 0.137 e. The fourth-order valence-corrected chi connectivity index (χ4v) is 6.38.